The van der Waals surface area contributed by atoms with E-state index in [1.165, 1.54) is 18.3 Å². The zero-order chi connectivity index (χ0) is 24.3. The van der Waals surface area contributed by atoms with Crippen molar-refractivity contribution in [1.82, 2.24) is 30.1 Å². The fourth-order valence-electron chi connectivity index (χ4n) is 3.00. The van der Waals surface area contributed by atoms with Gasteiger partial charge >= 0.3 is 6.18 Å². The van der Waals surface area contributed by atoms with Crippen molar-refractivity contribution in [2.24, 2.45) is 0 Å². The molecule has 34 heavy (non-hydrogen) atoms. The van der Waals surface area contributed by atoms with E-state index in [4.69, 9.17) is 10.3 Å². The summed E-state index contributed by atoms with van der Waals surface area (Å²) in [5.41, 5.74) is 6.53. The average Bonchev–Trinajstić information content (AvgIpc) is 3.32. The minimum Gasteiger partial charge on any atom is -0.368 e. The average molecular weight is 470 g/mol. The molecule has 0 saturated carbocycles. The van der Waals surface area contributed by atoms with Crippen LogP contribution in [0, 0.1) is 0 Å². The van der Waals surface area contributed by atoms with Gasteiger partial charge in [0, 0.05) is 25.4 Å². The first-order chi connectivity index (χ1) is 16.2. The Morgan fingerprint density at radius 1 is 1.03 bits per heavy atom. The number of nitrogen functional groups attached to an aromatic ring is 1. The van der Waals surface area contributed by atoms with Crippen LogP contribution in [-0.4, -0.2) is 49.1 Å². The van der Waals surface area contributed by atoms with Crippen LogP contribution in [-0.2, 0) is 0 Å². The molecule has 0 atom stereocenters. The van der Waals surface area contributed by atoms with Crippen molar-refractivity contribution < 1.29 is 22.5 Å². The Morgan fingerprint density at radius 2 is 1.79 bits per heavy atom. The van der Waals surface area contributed by atoms with Crippen molar-refractivity contribution in [3.8, 4) is 23.1 Å². The molecular formula is C21H17F3N8O2. The quantitative estimate of drug-likeness (QED) is 0.396. The number of nitrogens with zero attached hydrogens (tertiary/aromatic N) is 7. The molecule has 0 bridgehead atoms. The number of hydrogen-bond donors (Lipinski definition) is 1. The third-order valence-corrected chi connectivity index (χ3v) is 4.65. The van der Waals surface area contributed by atoms with Gasteiger partial charge in [-0.05, 0) is 24.3 Å². The minimum atomic E-state index is -4.47. The highest BCUT2D eigenvalue weighted by Gasteiger charge is 2.29. The van der Waals surface area contributed by atoms with E-state index in [9.17, 15) is 18.0 Å². The van der Waals surface area contributed by atoms with Gasteiger partial charge in [0.05, 0.1) is 12.0 Å². The highest BCUT2D eigenvalue weighted by atomic mass is 19.4. The molecule has 3 heterocycles. The highest BCUT2D eigenvalue weighted by molar-refractivity contribution is 5.99. The number of carbonyl (C=O) groups excluding carboxylic acids is 1. The Hall–Kier alpha value is -4.42. The maximum absolute atomic E-state index is 12.5. The Labute approximate surface area is 190 Å². The molecule has 2 N–H and O–H groups in total. The summed E-state index contributed by atoms with van der Waals surface area (Å²) in [6, 6.07) is 12.2. The SMILES string of the molecule is CN(c1ccccc1)c1nc(N)nc(-c2noc(-c3cccnc3C(=O)CCC(F)(F)F)n2)n1. The van der Waals surface area contributed by atoms with Crippen LogP contribution in [0.1, 0.15) is 23.3 Å². The topological polar surface area (TPSA) is 137 Å². The van der Waals surface area contributed by atoms with Crippen LogP contribution in [0.3, 0.4) is 0 Å². The van der Waals surface area contributed by atoms with Crippen LogP contribution in [0.15, 0.2) is 53.2 Å². The van der Waals surface area contributed by atoms with Crippen molar-refractivity contribution in [1.29, 1.82) is 0 Å². The standard InChI is InChI=1S/C21H17F3N8O2/c1-32(12-6-3-2-4-7-12)20-29-16(28-19(25)30-20)17-27-18(34-31-17)13-8-5-11-26-15(13)14(33)9-10-21(22,23)24/h2-8,11H,9-10H2,1H3,(H2,25,28,29,30). The normalized spacial score (nSPS) is 11.4. The molecule has 13 heteroatoms. The lowest BCUT2D eigenvalue weighted by Gasteiger charge is -2.17. The van der Waals surface area contributed by atoms with Gasteiger partial charge in [-0.15, -0.1) is 0 Å². The second-order valence-electron chi connectivity index (χ2n) is 7.07. The summed E-state index contributed by atoms with van der Waals surface area (Å²) in [4.78, 5) is 34.6. The largest absolute Gasteiger partial charge is 0.389 e. The molecule has 0 radical (unpaired) electrons. The Kier molecular flexibility index (Phi) is 6.17. The number of Topliss-reactive ketones (excluding diaryl/α,β-unsaturated/α-hetero) is 1. The van der Waals surface area contributed by atoms with Crippen LogP contribution < -0.4 is 10.6 Å². The monoisotopic (exact) mass is 470 g/mol. The number of benzene rings is 1. The number of aromatic nitrogens is 6. The van der Waals surface area contributed by atoms with Gasteiger partial charge in [0.1, 0.15) is 5.69 Å². The smallest absolute Gasteiger partial charge is 0.368 e. The number of anilines is 3. The maximum Gasteiger partial charge on any atom is 0.389 e. The zero-order valence-electron chi connectivity index (χ0n) is 17.7. The molecule has 0 unspecified atom stereocenters. The molecule has 0 fully saturated rings. The highest BCUT2D eigenvalue weighted by Crippen LogP contribution is 2.28. The van der Waals surface area contributed by atoms with E-state index in [-0.39, 0.29) is 40.7 Å². The Morgan fingerprint density at radius 3 is 2.53 bits per heavy atom. The van der Waals surface area contributed by atoms with Gasteiger partial charge in [0.25, 0.3) is 5.89 Å². The molecule has 0 saturated heterocycles. The number of carbonyl (C=O) groups is 1. The second-order valence-corrected chi connectivity index (χ2v) is 7.07. The van der Waals surface area contributed by atoms with Gasteiger partial charge < -0.3 is 15.2 Å². The van der Waals surface area contributed by atoms with E-state index in [2.05, 4.69) is 30.1 Å². The van der Waals surface area contributed by atoms with Crippen LogP contribution >= 0.6 is 0 Å². The number of halogens is 3. The van der Waals surface area contributed by atoms with Gasteiger partial charge in [0.2, 0.25) is 23.5 Å². The summed E-state index contributed by atoms with van der Waals surface area (Å²) >= 11 is 0. The molecule has 3 aromatic heterocycles. The van der Waals surface area contributed by atoms with Crippen LogP contribution in [0.2, 0.25) is 0 Å². The predicted molar refractivity (Wildman–Crippen MR) is 115 cm³/mol. The van der Waals surface area contributed by atoms with Crippen LogP contribution in [0.5, 0.6) is 0 Å². The van der Waals surface area contributed by atoms with Gasteiger partial charge in [-0.25, -0.2) is 0 Å². The zero-order valence-corrected chi connectivity index (χ0v) is 17.7. The molecule has 10 nitrogen and oxygen atoms in total. The minimum absolute atomic E-state index is 0.00844. The van der Waals surface area contributed by atoms with E-state index >= 15 is 0 Å². The summed E-state index contributed by atoms with van der Waals surface area (Å²) in [6.07, 6.45) is -5.20. The molecule has 4 aromatic rings. The Balaban J connectivity index is 1.64. The van der Waals surface area contributed by atoms with E-state index in [1.807, 2.05) is 30.3 Å². The van der Waals surface area contributed by atoms with Gasteiger partial charge in [-0.1, -0.05) is 23.4 Å². The molecule has 4 rings (SSSR count). The maximum atomic E-state index is 12.5. The summed E-state index contributed by atoms with van der Waals surface area (Å²) in [7, 11) is 1.74. The number of para-hydroxylation sites is 1. The van der Waals surface area contributed by atoms with Crippen molar-refractivity contribution >= 4 is 23.4 Å². The molecular weight excluding hydrogens is 453 g/mol. The first-order valence-electron chi connectivity index (χ1n) is 9.91. The lowest BCUT2D eigenvalue weighted by molar-refractivity contribution is -0.133. The van der Waals surface area contributed by atoms with E-state index < -0.39 is 24.8 Å². The second kappa shape index (κ2) is 9.21. The van der Waals surface area contributed by atoms with Gasteiger partial charge in [-0.2, -0.15) is 33.1 Å². The molecule has 0 aliphatic carbocycles. The first kappa shape index (κ1) is 22.8. The van der Waals surface area contributed by atoms with Gasteiger partial charge in [-0.3, -0.25) is 9.78 Å². The molecule has 0 amide bonds. The number of ketones is 1. The lowest BCUT2D eigenvalue weighted by Crippen LogP contribution is -2.15. The summed E-state index contributed by atoms with van der Waals surface area (Å²) in [5.74, 6) is -0.833. The summed E-state index contributed by atoms with van der Waals surface area (Å²) in [6.45, 7) is 0. The van der Waals surface area contributed by atoms with E-state index in [0.717, 1.165) is 5.69 Å². The molecule has 0 spiro atoms. The van der Waals surface area contributed by atoms with Crippen LogP contribution in [0.4, 0.5) is 30.8 Å². The lowest BCUT2D eigenvalue weighted by atomic mass is 10.1. The third kappa shape index (κ3) is 5.14. The molecule has 1 aromatic carbocycles. The number of hydrogen-bond acceptors (Lipinski definition) is 10. The number of alkyl halides is 3. The van der Waals surface area contributed by atoms with Gasteiger partial charge in [0.15, 0.2) is 5.78 Å². The van der Waals surface area contributed by atoms with E-state index in [0.29, 0.717) is 0 Å². The fourth-order valence-corrected chi connectivity index (χ4v) is 3.00. The molecule has 174 valence electrons. The van der Waals surface area contributed by atoms with Crippen molar-refractivity contribution in [2.75, 3.05) is 17.7 Å². The predicted octanol–water partition coefficient (Wildman–Crippen LogP) is 3.86. The fraction of sp³-hybridized carbons (Fsp3) is 0.190. The summed E-state index contributed by atoms with van der Waals surface area (Å²) in [5, 5.41) is 3.83. The van der Waals surface area contributed by atoms with Crippen molar-refractivity contribution in [3.05, 3.63) is 54.4 Å². The van der Waals surface area contributed by atoms with Crippen LogP contribution in [0.25, 0.3) is 23.1 Å². The summed E-state index contributed by atoms with van der Waals surface area (Å²) < 4.78 is 42.8. The number of pyridine rings is 1. The molecule has 0 aliphatic rings. The Bertz CT molecular complexity index is 1310. The number of rotatable bonds is 7. The van der Waals surface area contributed by atoms with E-state index in [1.54, 1.807) is 11.9 Å². The first-order valence-corrected chi connectivity index (χ1v) is 9.91. The number of nitrogens with two attached hydrogens (primary N) is 1. The van der Waals surface area contributed by atoms with Crippen molar-refractivity contribution in [3.63, 3.8) is 0 Å². The van der Waals surface area contributed by atoms with Crippen molar-refractivity contribution in [2.45, 2.75) is 19.0 Å². The molecule has 0 aliphatic heterocycles. The third-order valence-electron chi connectivity index (χ3n) is 4.65.